The van der Waals surface area contributed by atoms with Crippen LogP contribution in [0.3, 0.4) is 0 Å². The van der Waals surface area contributed by atoms with Crippen LogP contribution in [0, 0.1) is 24.0 Å². The number of nitro benzene ring substituents is 1. The number of aryl methyl sites for hydroxylation is 2. The number of aromatic nitrogens is 2. The quantitative estimate of drug-likeness (QED) is 0.270. The zero-order chi connectivity index (χ0) is 24.9. The summed E-state index contributed by atoms with van der Waals surface area (Å²) in [6, 6.07) is 12.0. The second-order valence-electron chi connectivity index (χ2n) is 8.25. The van der Waals surface area contributed by atoms with Gasteiger partial charge in [-0.25, -0.2) is 0 Å². The Bertz CT molecular complexity index is 1230. The normalized spacial score (nSPS) is 13.4. The summed E-state index contributed by atoms with van der Waals surface area (Å²) in [4.78, 5) is 25.8. The Morgan fingerprint density at radius 2 is 1.91 bits per heavy atom. The molecule has 182 valence electrons. The molecule has 2 heterocycles. The smallest absolute Gasteiger partial charge is 0.270 e. The minimum absolute atomic E-state index is 0.101. The van der Waals surface area contributed by atoms with Crippen molar-refractivity contribution in [1.82, 2.24) is 15.5 Å². The first-order valence-electron chi connectivity index (χ1n) is 11.1. The fraction of sp³-hybridized carbons (Fsp3) is 0.292. The van der Waals surface area contributed by atoms with Gasteiger partial charge in [0.05, 0.1) is 35.1 Å². The Balaban J connectivity index is 1.44. The largest absolute Gasteiger partial charge is 0.378 e. The van der Waals surface area contributed by atoms with E-state index in [-0.39, 0.29) is 16.4 Å². The Labute approximate surface area is 207 Å². The number of anilines is 2. The number of amides is 1. The minimum atomic E-state index is -0.523. The number of hydrogen-bond acceptors (Lipinski definition) is 7. The van der Waals surface area contributed by atoms with Gasteiger partial charge in [0.25, 0.3) is 11.6 Å². The maximum atomic E-state index is 13.1. The summed E-state index contributed by atoms with van der Waals surface area (Å²) in [5.41, 5.74) is 5.65. The van der Waals surface area contributed by atoms with Crippen LogP contribution >= 0.6 is 12.2 Å². The van der Waals surface area contributed by atoms with Crippen molar-refractivity contribution in [3.8, 4) is 0 Å². The monoisotopic (exact) mass is 494 g/mol. The highest BCUT2D eigenvalue weighted by Gasteiger charge is 2.22. The van der Waals surface area contributed by atoms with Gasteiger partial charge in [-0.1, -0.05) is 12.1 Å². The number of thiocarbonyl (C=S) groups is 1. The molecule has 4 rings (SSSR count). The Kier molecular flexibility index (Phi) is 7.37. The summed E-state index contributed by atoms with van der Waals surface area (Å²) in [5, 5.41) is 24.3. The first-order valence-corrected chi connectivity index (χ1v) is 11.6. The number of hydrogen-bond donors (Lipinski definition) is 3. The van der Waals surface area contributed by atoms with Crippen molar-refractivity contribution < 1.29 is 14.5 Å². The fourth-order valence-electron chi connectivity index (χ4n) is 3.98. The number of morpholine rings is 1. The van der Waals surface area contributed by atoms with Crippen LogP contribution in [0.15, 0.2) is 42.5 Å². The SMILES string of the molecule is Cc1n[nH]c(C)c1Cc1ccc(NC(=S)NC(=O)c2cc([N+](=O)[O-])ccc2N2CCOCC2)cc1. The van der Waals surface area contributed by atoms with E-state index < -0.39 is 10.8 Å². The van der Waals surface area contributed by atoms with Gasteiger partial charge in [0, 0.05) is 48.6 Å². The number of carbonyl (C=O) groups is 1. The second kappa shape index (κ2) is 10.6. The van der Waals surface area contributed by atoms with Gasteiger partial charge in [-0.3, -0.25) is 25.3 Å². The number of nitrogens with one attached hydrogen (secondary N) is 3. The van der Waals surface area contributed by atoms with Gasteiger partial charge in [0.2, 0.25) is 0 Å². The molecular weight excluding hydrogens is 468 g/mol. The third-order valence-corrected chi connectivity index (χ3v) is 6.09. The average molecular weight is 495 g/mol. The van der Waals surface area contributed by atoms with Crippen LogP contribution in [0.4, 0.5) is 17.1 Å². The number of nitro groups is 1. The van der Waals surface area contributed by atoms with Crippen LogP contribution in [-0.2, 0) is 11.2 Å². The molecule has 0 spiro atoms. The Morgan fingerprint density at radius 3 is 2.54 bits per heavy atom. The summed E-state index contributed by atoms with van der Waals surface area (Å²) in [5.74, 6) is -0.518. The van der Waals surface area contributed by atoms with Crippen LogP contribution in [0.5, 0.6) is 0 Å². The standard InChI is InChI=1S/C24H26N6O4S/c1-15-20(16(2)28-27-15)13-17-3-5-18(6-4-17)25-24(35)26-23(31)21-14-19(30(32)33)7-8-22(21)29-9-11-34-12-10-29/h3-8,14H,9-13H2,1-2H3,(H,27,28)(H2,25,26,31,35). The zero-order valence-electron chi connectivity index (χ0n) is 19.5. The number of ether oxygens (including phenoxy) is 1. The topological polar surface area (TPSA) is 125 Å². The molecule has 35 heavy (non-hydrogen) atoms. The van der Waals surface area contributed by atoms with Crippen LogP contribution in [0.1, 0.15) is 32.9 Å². The van der Waals surface area contributed by atoms with E-state index in [0.717, 1.165) is 23.4 Å². The molecule has 0 aliphatic carbocycles. The molecule has 0 unspecified atom stereocenters. The number of non-ortho nitro benzene ring substituents is 1. The highest BCUT2D eigenvalue weighted by atomic mass is 32.1. The summed E-state index contributed by atoms with van der Waals surface area (Å²) in [6.45, 7) is 6.19. The molecule has 2 aromatic carbocycles. The number of nitrogens with zero attached hydrogens (tertiary/aromatic N) is 3. The molecule has 0 atom stereocenters. The van der Waals surface area contributed by atoms with Crippen molar-refractivity contribution in [3.63, 3.8) is 0 Å². The molecular formula is C24H26N6O4S. The van der Waals surface area contributed by atoms with E-state index in [1.807, 2.05) is 43.0 Å². The molecule has 1 amide bonds. The second-order valence-corrected chi connectivity index (χ2v) is 8.66. The predicted octanol–water partition coefficient (Wildman–Crippen LogP) is 3.49. The van der Waals surface area contributed by atoms with Crippen molar-refractivity contribution >= 4 is 40.3 Å². The van der Waals surface area contributed by atoms with E-state index in [1.54, 1.807) is 6.07 Å². The lowest BCUT2D eigenvalue weighted by Gasteiger charge is -2.30. The summed E-state index contributed by atoms with van der Waals surface area (Å²) in [6.07, 6.45) is 0.757. The first kappa shape index (κ1) is 24.3. The maximum Gasteiger partial charge on any atom is 0.270 e. The number of carbonyl (C=O) groups excluding carboxylic acids is 1. The van der Waals surface area contributed by atoms with E-state index in [1.165, 1.54) is 17.7 Å². The molecule has 1 aliphatic heterocycles. The molecule has 3 aromatic rings. The molecule has 11 heteroatoms. The average Bonchev–Trinajstić information content (AvgIpc) is 3.17. The van der Waals surface area contributed by atoms with E-state index in [9.17, 15) is 14.9 Å². The molecule has 1 aliphatic rings. The minimum Gasteiger partial charge on any atom is -0.378 e. The molecule has 1 aromatic heterocycles. The number of H-pyrrole nitrogens is 1. The van der Waals surface area contributed by atoms with E-state index in [2.05, 4.69) is 20.8 Å². The summed E-state index contributed by atoms with van der Waals surface area (Å²) < 4.78 is 5.38. The van der Waals surface area contributed by atoms with Crippen LogP contribution in [0.25, 0.3) is 0 Å². The fourth-order valence-corrected chi connectivity index (χ4v) is 4.19. The third-order valence-electron chi connectivity index (χ3n) is 5.89. The maximum absolute atomic E-state index is 13.1. The first-order chi connectivity index (χ1) is 16.8. The summed E-state index contributed by atoms with van der Waals surface area (Å²) >= 11 is 5.33. The van der Waals surface area contributed by atoms with Crippen LogP contribution < -0.4 is 15.5 Å². The van der Waals surface area contributed by atoms with Crippen LogP contribution in [-0.4, -0.2) is 52.4 Å². The highest BCUT2D eigenvalue weighted by Crippen LogP contribution is 2.26. The number of aromatic amines is 1. The van der Waals surface area contributed by atoms with Gasteiger partial charge < -0.3 is 15.0 Å². The Hall–Kier alpha value is -3.83. The molecule has 0 bridgehead atoms. The van der Waals surface area contributed by atoms with Crippen molar-refractivity contribution in [2.45, 2.75) is 20.3 Å². The van der Waals surface area contributed by atoms with Gasteiger partial charge in [-0.05, 0) is 49.8 Å². The Morgan fingerprint density at radius 1 is 1.20 bits per heavy atom. The van der Waals surface area contributed by atoms with Crippen LogP contribution in [0.2, 0.25) is 0 Å². The lowest BCUT2D eigenvalue weighted by atomic mass is 10.0. The number of benzene rings is 2. The molecule has 0 saturated carbocycles. The van der Waals surface area contributed by atoms with Gasteiger partial charge in [-0.15, -0.1) is 0 Å². The van der Waals surface area contributed by atoms with Crippen molar-refractivity contribution in [1.29, 1.82) is 0 Å². The predicted molar refractivity (Wildman–Crippen MR) is 137 cm³/mol. The number of rotatable bonds is 6. The van der Waals surface area contributed by atoms with Crippen molar-refractivity contribution in [2.24, 2.45) is 0 Å². The zero-order valence-corrected chi connectivity index (χ0v) is 20.3. The van der Waals surface area contributed by atoms with Gasteiger partial charge in [0.1, 0.15) is 0 Å². The molecule has 10 nitrogen and oxygen atoms in total. The molecule has 1 fully saturated rings. The lowest BCUT2D eigenvalue weighted by molar-refractivity contribution is -0.384. The third kappa shape index (κ3) is 5.81. The molecule has 0 radical (unpaired) electrons. The van der Waals surface area contributed by atoms with E-state index in [4.69, 9.17) is 17.0 Å². The highest BCUT2D eigenvalue weighted by molar-refractivity contribution is 7.80. The molecule has 3 N–H and O–H groups in total. The van der Waals surface area contributed by atoms with Crippen molar-refractivity contribution in [3.05, 3.63) is 80.7 Å². The van der Waals surface area contributed by atoms with E-state index in [0.29, 0.717) is 37.7 Å². The van der Waals surface area contributed by atoms with Crippen molar-refractivity contribution in [2.75, 3.05) is 36.5 Å². The van der Waals surface area contributed by atoms with Gasteiger partial charge in [0.15, 0.2) is 5.11 Å². The van der Waals surface area contributed by atoms with E-state index >= 15 is 0 Å². The molecule has 1 saturated heterocycles. The lowest BCUT2D eigenvalue weighted by Crippen LogP contribution is -2.39. The summed E-state index contributed by atoms with van der Waals surface area (Å²) in [7, 11) is 0. The van der Waals surface area contributed by atoms with Gasteiger partial charge in [-0.2, -0.15) is 5.10 Å². The van der Waals surface area contributed by atoms with Gasteiger partial charge >= 0.3 is 0 Å².